The largest absolute Gasteiger partial charge is 0.445 e. The van der Waals surface area contributed by atoms with Crippen LogP contribution >= 0.6 is 0 Å². The number of aryl methyl sites for hydroxylation is 2. The number of fused-ring (bicyclic) bond motifs is 2. The predicted octanol–water partition coefficient (Wildman–Crippen LogP) is 6.38. The molecule has 0 unspecified atom stereocenters. The summed E-state index contributed by atoms with van der Waals surface area (Å²) in [7, 11) is 0. The number of benzene rings is 3. The molecule has 0 atom stereocenters. The number of nitrogens with one attached hydrogen (secondary N) is 2. The highest BCUT2D eigenvalue weighted by Gasteiger charge is 2.11. The van der Waals surface area contributed by atoms with E-state index in [1.807, 2.05) is 38.1 Å². The van der Waals surface area contributed by atoms with Crippen LogP contribution in [0.15, 0.2) is 60.7 Å². The van der Waals surface area contributed by atoms with Gasteiger partial charge in [0.2, 0.25) is 0 Å². The highest BCUT2D eigenvalue weighted by molar-refractivity contribution is 6.09. The summed E-state index contributed by atoms with van der Waals surface area (Å²) >= 11 is 0. The van der Waals surface area contributed by atoms with Crippen LogP contribution in [0, 0.1) is 13.8 Å². The quantitative estimate of drug-likeness (QED) is 0.373. The average molecular weight is 414 g/mol. The third-order valence-corrected chi connectivity index (χ3v) is 5.06. The minimum Gasteiger partial charge on any atom is -0.445 e. The van der Waals surface area contributed by atoms with E-state index in [2.05, 4.69) is 60.9 Å². The van der Waals surface area contributed by atoms with Crippen LogP contribution in [0.3, 0.4) is 0 Å². The van der Waals surface area contributed by atoms with Crippen molar-refractivity contribution >= 4 is 39.3 Å². The van der Waals surface area contributed by atoms with E-state index >= 15 is 0 Å². The zero-order valence-electron chi connectivity index (χ0n) is 18.3. The summed E-state index contributed by atoms with van der Waals surface area (Å²) in [6, 6.07) is 20.6. The minimum absolute atomic E-state index is 0.0425. The van der Waals surface area contributed by atoms with Gasteiger partial charge < -0.3 is 15.4 Å². The standard InChI is InChI=1S/C26H27N3O2/c1-16(2)27-26(30)31-15-19-6-5-7-20(14-19)28-25-21-10-8-18(4)13-24(21)29-23-11-9-17(3)12-22(23)25/h5-14,16H,15H2,1-4H3,(H,27,30)(H,28,29). The van der Waals surface area contributed by atoms with Gasteiger partial charge in [-0.05, 0) is 69.2 Å². The van der Waals surface area contributed by atoms with Crippen molar-refractivity contribution in [1.29, 1.82) is 0 Å². The van der Waals surface area contributed by atoms with Gasteiger partial charge in [-0.25, -0.2) is 9.78 Å². The number of pyridine rings is 1. The van der Waals surface area contributed by atoms with Crippen LogP contribution in [0.4, 0.5) is 16.2 Å². The smallest absolute Gasteiger partial charge is 0.407 e. The molecule has 0 bridgehead atoms. The summed E-state index contributed by atoms with van der Waals surface area (Å²) in [5.41, 5.74) is 7.15. The molecule has 1 heterocycles. The van der Waals surface area contributed by atoms with Gasteiger partial charge in [-0.2, -0.15) is 0 Å². The summed E-state index contributed by atoms with van der Waals surface area (Å²) < 4.78 is 5.33. The van der Waals surface area contributed by atoms with Gasteiger partial charge in [-0.3, -0.25) is 0 Å². The summed E-state index contributed by atoms with van der Waals surface area (Å²) in [6.45, 7) is 8.18. The molecule has 4 aromatic rings. The van der Waals surface area contributed by atoms with Crippen molar-refractivity contribution in [3.8, 4) is 0 Å². The van der Waals surface area contributed by atoms with Gasteiger partial charge in [0, 0.05) is 22.5 Å². The van der Waals surface area contributed by atoms with Crippen molar-refractivity contribution in [2.24, 2.45) is 0 Å². The molecular weight excluding hydrogens is 386 g/mol. The number of alkyl carbamates (subject to hydrolysis) is 1. The van der Waals surface area contributed by atoms with Crippen LogP contribution in [0.1, 0.15) is 30.5 Å². The van der Waals surface area contributed by atoms with Crippen LogP contribution in [-0.4, -0.2) is 17.1 Å². The van der Waals surface area contributed by atoms with Crippen molar-refractivity contribution in [2.45, 2.75) is 40.3 Å². The molecule has 0 radical (unpaired) electrons. The van der Waals surface area contributed by atoms with Gasteiger partial charge in [0.15, 0.2) is 0 Å². The van der Waals surface area contributed by atoms with Crippen molar-refractivity contribution in [1.82, 2.24) is 10.3 Å². The minimum atomic E-state index is -0.412. The second-order valence-electron chi connectivity index (χ2n) is 8.23. The first-order chi connectivity index (χ1) is 14.9. The van der Waals surface area contributed by atoms with Crippen LogP contribution in [0.25, 0.3) is 21.8 Å². The van der Waals surface area contributed by atoms with E-state index in [1.54, 1.807) is 0 Å². The van der Waals surface area contributed by atoms with Gasteiger partial charge >= 0.3 is 6.09 Å². The highest BCUT2D eigenvalue weighted by atomic mass is 16.5. The normalized spacial score (nSPS) is 11.1. The summed E-state index contributed by atoms with van der Waals surface area (Å²) in [6.07, 6.45) is -0.412. The van der Waals surface area contributed by atoms with E-state index in [1.165, 1.54) is 11.1 Å². The number of rotatable bonds is 5. The van der Waals surface area contributed by atoms with Gasteiger partial charge in [0.25, 0.3) is 0 Å². The number of amides is 1. The third kappa shape index (κ3) is 4.77. The summed E-state index contributed by atoms with van der Waals surface area (Å²) in [5, 5.41) is 8.48. The predicted molar refractivity (Wildman–Crippen MR) is 127 cm³/mol. The fourth-order valence-corrected chi connectivity index (χ4v) is 3.61. The number of nitrogens with zero attached hydrogens (tertiary/aromatic N) is 1. The van der Waals surface area contributed by atoms with Gasteiger partial charge in [0.1, 0.15) is 6.61 Å². The molecule has 1 aromatic heterocycles. The summed E-state index contributed by atoms with van der Waals surface area (Å²) in [5.74, 6) is 0. The van der Waals surface area contributed by atoms with E-state index in [9.17, 15) is 4.79 Å². The molecule has 0 aliphatic carbocycles. The van der Waals surface area contributed by atoms with E-state index < -0.39 is 6.09 Å². The fraction of sp³-hybridized carbons (Fsp3) is 0.231. The van der Waals surface area contributed by atoms with E-state index in [0.29, 0.717) is 0 Å². The molecule has 0 fully saturated rings. The molecule has 0 saturated carbocycles. The number of carbonyl (C=O) groups excluding carboxylic acids is 1. The second-order valence-corrected chi connectivity index (χ2v) is 8.23. The molecule has 3 aromatic carbocycles. The lowest BCUT2D eigenvalue weighted by Gasteiger charge is -2.15. The maximum absolute atomic E-state index is 11.8. The SMILES string of the molecule is Cc1ccc2c(Nc3cccc(COC(=O)NC(C)C)c3)c3cc(C)ccc3nc2c1. The van der Waals surface area contributed by atoms with Crippen LogP contribution in [-0.2, 0) is 11.3 Å². The Bertz CT molecular complexity index is 1260. The third-order valence-electron chi connectivity index (χ3n) is 5.06. The number of hydrogen-bond donors (Lipinski definition) is 2. The molecule has 0 aliphatic heterocycles. The van der Waals surface area contributed by atoms with Crippen molar-refractivity contribution < 1.29 is 9.53 Å². The van der Waals surface area contributed by atoms with Crippen molar-refractivity contribution in [3.05, 3.63) is 77.4 Å². The number of carbonyl (C=O) groups is 1. The number of ether oxygens (including phenoxy) is 1. The van der Waals surface area contributed by atoms with Crippen molar-refractivity contribution in [2.75, 3.05) is 5.32 Å². The first kappa shape index (κ1) is 20.7. The Kier molecular flexibility index (Phi) is 5.76. The molecule has 5 heteroatoms. The average Bonchev–Trinajstić information content (AvgIpc) is 2.72. The molecule has 0 aliphatic rings. The Labute approximate surface area is 182 Å². The zero-order chi connectivity index (χ0) is 22.0. The highest BCUT2D eigenvalue weighted by Crippen LogP contribution is 2.34. The molecule has 0 spiro atoms. The number of aromatic nitrogens is 1. The number of hydrogen-bond acceptors (Lipinski definition) is 4. The van der Waals surface area contributed by atoms with Crippen LogP contribution in [0.5, 0.6) is 0 Å². The first-order valence-corrected chi connectivity index (χ1v) is 10.5. The van der Waals surface area contributed by atoms with E-state index in [-0.39, 0.29) is 12.6 Å². The van der Waals surface area contributed by atoms with Gasteiger partial charge in [-0.1, -0.05) is 35.9 Å². The molecule has 158 valence electrons. The lowest BCUT2D eigenvalue weighted by Crippen LogP contribution is -2.30. The topological polar surface area (TPSA) is 63.2 Å². The molecule has 31 heavy (non-hydrogen) atoms. The monoisotopic (exact) mass is 413 g/mol. The van der Waals surface area contributed by atoms with Crippen molar-refractivity contribution in [3.63, 3.8) is 0 Å². The van der Waals surface area contributed by atoms with Crippen LogP contribution in [0.2, 0.25) is 0 Å². The maximum atomic E-state index is 11.8. The second kappa shape index (κ2) is 8.64. The Morgan fingerprint density at radius 1 is 0.935 bits per heavy atom. The molecular formula is C26H27N3O2. The Balaban J connectivity index is 1.69. The van der Waals surface area contributed by atoms with Gasteiger partial charge in [0.05, 0.1) is 16.7 Å². The Hall–Kier alpha value is -3.60. The lowest BCUT2D eigenvalue weighted by molar-refractivity contribution is 0.137. The first-order valence-electron chi connectivity index (χ1n) is 10.5. The Morgan fingerprint density at radius 3 is 2.52 bits per heavy atom. The lowest BCUT2D eigenvalue weighted by atomic mass is 10.0. The molecule has 4 rings (SSSR count). The fourth-order valence-electron chi connectivity index (χ4n) is 3.61. The molecule has 2 N–H and O–H groups in total. The van der Waals surface area contributed by atoms with E-state index in [0.717, 1.165) is 38.7 Å². The Morgan fingerprint density at radius 2 is 1.71 bits per heavy atom. The molecule has 1 amide bonds. The van der Waals surface area contributed by atoms with E-state index in [4.69, 9.17) is 9.72 Å². The molecule has 0 saturated heterocycles. The van der Waals surface area contributed by atoms with Gasteiger partial charge in [-0.15, -0.1) is 0 Å². The zero-order valence-corrected chi connectivity index (χ0v) is 18.3. The summed E-state index contributed by atoms with van der Waals surface area (Å²) in [4.78, 5) is 16.7. The number of anilines is 2. The molecule has 5 nitrogen and oxygen atoms in total. The maximum Gasteiger partial charge on any atom is 0.407 e. The van der Waals surface area contributed by atoms with Crippen LogP contribution < -0.4 is 10.6 Å².